The maximum absolute atomic E-state index is 12.0. The van der Waals surface area contributed by atoms with Crippen molar-refractivity contribution >= 4 is 40.9 Å². The summed E-state index contributed by atoms with van der Waals surface area (Å²) in [7, 11) is 0. The Hall–Kier alpha value is -3.12. The molecule has 0 atom stereocenters. The number of pyridine rings is 1. The van der Waals surface area contributed by atoms with E-state index in [0.717, 1.165) is 0 Å². The van der Waals surface area contributed by atoms with Crippen molar-refractivity contribution in [1.29, 1.82) is 0 Å². The minimum atomic E-state index is -0.547. The zero-order chi connectivity index (χ0) is 17.8. The van der Waals surface area contributed by atoms with Crippen LogP contribution in [0.4, 0.5) is 5.69 Å². The van der Waals surface area contributed by atoms with Crippen molar-refractivity contribution in [3.05, 3.63) is 65.6 Å². The minimum absolute atomic E-state index is 0.169. The van der Waals surface area contributed by atoms with E-state index < -0.39 is 5.97 Å². The largest absolute Gasteiger partial charge is 0.423 e. The van der Waals surface area contributed by atoms with Crippen LogP contribution in [-0.4, -0.2) is 21.3 Å². The van der Waals surface area contributed by atoms with Gasteiger partial charge in [0, 0.05) is 24.9 Å². The van der Waals surface area contributed by atoms with Crippen molar-refractivity contribution in [3.63, 3.8) is 0 Å². The molecule has 0 aliphatic rings. The van der Waals surface area contributed by atoms with E-state index in [1.54, 1.807) is 40.9 Å². The summed E-state index contributed by atoms with van der Waals surface area (Å²) < 4.78 is 6.99. The zero-order valence-corrected chi connectivity index (χ0v) is 14.0. The average Bonchev–Trinajstić information content (AvgIpc) is 2.89. The van der Waals surface area contributed by atoms with Crippen molar-refractivity contribution in [2.45, 2.75) is 6.92 Å². The van der Waals surface area contributed by atoms with Gasteiger partial charge in [0.15, 0.2) is 5.15 Å². The summed E-state index contributed by atoms with van der Waals surface area (Å²) in [6.07, 6.45) is 4.64. The van der Waals surface area contributed by atoms with Crippen LogP contribution in [0.3, 0.4) is 0 Å². The number of carbonyl (C=O) groups is 2. The van der Waals surface area contributed by atoms with Gasteiger partial charge in [-0.2, -0.15) is 0 Å². The molecule has 0 radical (unpaired) electrons. The highest BCUT2D eigenvalue weighted by atomic mass is 35.5. The van der Waals surface area contributed by atoms with Crippen LogP contribution < -0.4 is 10.1 Å². The summed E-state index contributed by atoms with van der Waals surface area (Å²) in [4.78, 5) is 27.1. The monoisotopic (exact) mass is 355 g/mol. The Morgan fingerprint density at radius 2 is 1.96 bits per heavy atom. The Kier molecular flexibility index (Phi) is 4.81. The molecule has 0 bridgehead atoms. The minimum Gasteiger partial charge on any atom is -0.423 e. The van der Waals surface area contributed by atoms with Gasteiger partial charge < -0.3 is 10.1 Å². The normalized spacial score (nSPS) is 11.0. The third-order valence-corrected chi connectivity index (χ3v) is 3.57. The molecule has 1 amide bonds. The predicted molar refractivity (Wildman–Crippen MR) is 95.6 cm³/mol. The van der Waals surface area contributed by atoms with E-state index in [4.69, 9.17) is 16.3 Å². The summed E-state index contributed by atoms with van der Waals surface area (Å²) in [6.45, 7) is 1.42. The van der Waals surface area contributed by atoms with E-state index in [1.807, 2.05) is 18.2 Å². The number of nitrogens with one attached hydrogen (secondary N) is 1. The fraction of sp³-hybridized carbons (Fsp3) is 0.0556. The second-order valence-electron chi connectivity index (χ2n) is 5.18. The number of amides is 1. The first-order valence-corrected chi connectivity index (χ1v) is 7.81. The van der Waals surface area contributed by atoms with Crippen LogP contribution in [0.25, 0.3) is 11.7 Å². The highest BCUT2D eigenvalue weighted by Gasteiger charge is 2.08. The van der Waals surface area contributed by atoms with Gasteiger partial charge in [0.2, 0.25) is 5.91 Å². The molecule has 0 fully saturated rings. The highest BCUT2D eigenvalue weighted by molar-refractivity contribution is 6.31. The molecule has 6 nitrogen and oxygen atoms in total. The highest BCUT2D eigenvalue weighted by Crippen LogP contribution is 2.19. The standard InChI is InChI=1S/C18H14ClN3O3/c1-12(23)20-13-5-7-14(8-6-13)25-17(24)10-9-15-18(19)21-16-4-2-3-11-22(15)16/h2-11H,1H3,(H,20,23)/b10-9+. The summed E-state index contributed by atoms with van der Waals surface area (Å²) in [5.74, 6) is -0.347. The Bertz CT molecular complexity index is 961. The van der Waals surface area contributed by atoms with E-state index >= 15 is 0 Å². The lowest BCUT2D eigenvalue weighted by molar-refractivity contribution is -0.128. The van der Waals surface area contributed by atoms with Gasteiger partial charge in [-0.05, 0) is 42.5 Å². The molecule has 7 heteroatoms. The molecule has 2 aromatic heterocycles. The number of esters is 1. The molecule has 1 aromatic carbocycles. The number of hydrogen-bond acceptors (Lipinski definition) is 4. The summed E-state index contributed by atoms with van der Waals surface area (Å²) in [5, 5.41) is 2.94. The second kappa shape index (κ2) is 7.19. The van der Waals surface area contributed by atoms with E-state index in [9.17, 15) is 9.59 Å². The van der Waals surface area contributed by atoms with Gasteiger partial charge in [-0.3, -0.25) is 9.20 Å². The number of aromatic nitrogens is 2. The first kappa shape index (κ1) is 16.7. The lowest BCUT2D eigenvalue weighted by atomic mass is 10.3. The SMILES string of the molecule is CC(=O)Nc1ccc(OC(=O)/C=C/c2c(Cl)nc3ccccn23)cc1. The number of ether oxygens (including phenoxy) is 1. The molecule has 0 aliphatic heterocycles. The smallest absolute Gasteiger partial charge is 0.336 e. The van der Waals surface area contributed by atoms with E-state index in [0.29, 0.717) is 27.9 Å². The summed E-state index contributed by atoms with van der Waals surface area (Å²) in [5.41, 5.74) is 1.91. The molecule has 3 rings (SSSR count). The first-order chi connectivity index (χ1) is 12.0. The van der Waals surface area contributed by atoms with Gasteiger partial charge in [0.25, 0.3) is 0 Å². The maximum atomic E-state index is 12.0. The van der Waals surface area contributed by atoms with Crippen molar-refractivity contribution in [2.75, 3.05) is 5.32 Å². The Morgan fingerprint density at radius 1 is 1.20 bits per heavy atom. The number of fused-ring (bicyclic) bond motifs is 1. The van der Waals surface area contributed by atoms with Crippen LogP contribution in [0, 0.1) is 0 Å². The van der Waals surface area contributed by atoms with Gasteiger partial charge >= 0.3 is 5.97 Å². The van der Waals surface area contributed by atoms with Gasteiger partial charge in [-0.15, -0.1) is 0 Å². The van der Waals surface area contributed by atoms with E-state index in [2.05, 4.69) is 10.3 Å². The van der Waals surface area contributed by atoms with Gasteiger partial charge in [-0.25, -0.2) is 9.78 Å². The summed E-state index contributed by atoms with van der Waals surface area (Å²) in [6, 6.07) is 12.0. The Morgan fingerprint density at radius 3 is 2.68 bits per heavy atom. The van der Waals surface area contributed by atoms with Crippen molar-refractivity contribution in [1.82, 2.24) is 9.38 Å². The van der Waals surface area contributed by atoms with Crippen LogP contribution in [0.2, 0.25) is 5.15 Å². The second-order valence-corrected chi connectivity index (χ2v) is 5.53. The number of rotatable bonds is 4. The maximum Gasteiger partial charge on any atom is 0.336 e. The molecule has 0 aliphatic carbocycles. The molecular weight excluding hydrogens is 342 g/mol. The van der Waals surface area contributed by atoms with Crippen molar-refractivity contribution in [2.24, 2.45) is 0 Å². The lowest BCUT2D eigenvalue weighted by Gasteiger charge is -2.04. The molecule has 0 saturated heterocycles. The van der Waals surface area contributed by atoms with E-state index in [-0.39, 0.29) is 5.91 Å². The number of hydrogen-bond donors (Lipinski definition) is 1. The third-order valence-electron chi connectivity index (χ3n) is 3.29. The fourth-order valence-corrected chi connectivity index (χ4v) is 2.48. The zero-order valence-electron chi connectivity index (χ0n) is 13.3. The first-order valence-electron chi connectivity index (χ1n) is 7.43. The number of nitrogens with zero attached hydrogens (tertiary/aromatic N) is 2. The van der Waals surface area contributed by atoms with Crippen molar-refractivity contribution in [3.8, 4) is 5.75 Å². The van der Waals surface area contributed by atoms with Crippen LogP contribution in [0.1, 0.15) is 12.6 Å². The topological polar surface area (TPSA) is 72.7 Å². The number of halogens is 1. The number of imidazole rings is 1. The number of benzene rings is 1. The van der Waals surface area contributed by atoms with Gasteiger partial charge in [-0.1, -0.05) is 17.7 Å². The quantitative estimate of drug-likeness (QED) is 0.441. The predicted octanol–water partition coefficient (Wildman–Crippen LogP) is 3.56. The van der Waals surface area contributed by atoms with Crippen molar-refractivity contribution < 1.29 is 14.3 Å². The van der Waals surface area contributed by atoms with E-state index in [1.165, 1.54) is 13.0 Å². The number of anilines is 1. The molecular formula is C18H14ClN3O3. The van der Waals surface area contributed by atoms with Gasteiger partial charge in [0.1, 0.15) is 11.4 Å². The molecule has 0 spiro atoms. The fourth-order valence-electron chi connectivity index (χ4n) is 2.24. The average molecular weight is 356 g/mol. The van der Waals surface area contributed by atoms with Crippen LogP contribution in [-0.2, 0) is 9.59 Å². The third kappa shape index (κ3) is 4.05. The van der Waals surface area contributed by atoms with Crippen LogP contribution in [0.15, 0.2) is 54.7 Å². The Balaban J connectivity index is 1.70. The molecule has 3 aromatic rings. The molecule has 25 heavy (non-hydrogen) atoms. The summed E-state index contributed by atoms with van der Waals surface area (Å²) >= 11 is 6.10. The Labute approximate surface area is 148 Å². The van der Waals surface area contributed by atoms with Gasteiger partial charge in [0.05, 0.1) is 5.69 Å². The lowest BCUT2D eigenvalue weighted by Crippen LogP contribution is -2.06. The molecule has 126 valence electrons. The van der Waals surface area contributed by atoms with Crippen LogP contribution >= 0.6 is 11.6 Å². The molecule has 2 heterocycles. The van der Waals surface area contributed by atoms with Crippen LogP contribution in [0.5, 0.6) is 5.75 Å². The number of carbonyl (C=O) groups excluding carboxylic acids is 2. The molecule has 0 saturated carbocycles. The molecule has 0 unspecified atom stereocenters. The molecule has 1 N–H and O–H groups in total.